The smallest absolute Gasteiger partial charge is 0.337 e. The lowest BCUT2D eigenvalue weighted by molar-refractivity contribution is -0.401. The fourth-order valence-corrected chi connectivity index (χ4v) is 3.55. The number of rotatable bonds is 4. The number of fused-ring (bicyclic) bond motifs is 1. The number of halogens is 1. The lowest BCUT2D eigenvalue weighted by Gasteiger charge is -2.16. The Morgan fingerprint density at radius 1 is 1.07 bits per heavy atom. The first-order valence-corrected chi connectivity index (χ1v) is 8.55. The molecule has 0 N–H and O–H groups in total. The molecular weight excluding hydrogens is 453 g/mol. The second-order valence-electron chi connectivity index (χ2n) is 6.87. The molecule has 0 aliphatic carbocycles. The first kappa shape index (κ1) is 21.2. The van der Waals surface area contributed by atoms with E-state index in [-0.39, 0.29) is 35.4 Å². The van der Waals surface area contributed by atoms with Crippen molar-refractivity contribution in [2.75, 3.05) is 21.3 Å². The third kappa shape index (κ3) is 3.78. The van der Waals surface area contributed by atoms with E-state index in [9.17, 15) is 4.79 Å². The molecule has 0 atom stereocenters. The maximum Gasteiger partial charge on any atom is 0.337 e. The molecule has 0 aromatic heterocycles. The van der Waals surface area contributed by atoms with Gasteiger partial charge in [0.15, 0.2) is 5.71 Å². The normalized spacial score (nSPS) is 14.7. The maximum atomic E-state index is 11.9. The van der Waals surface area contributed by atoms with Gasteiger partial charge in [0.2, 0.25) is 5.69 Å². The van der Waals surface area contributed by atoms with Crippen molar-refractivity contribution in [3.63, 3.8) is 0 Å². The van der Waals surface area contributed by atoms with Gasteiger partial charge in [0.05, 0.1) is 25.2 Å². The molecule has 0 radical (unpaired) electrons. The lowest BCUT2D eigenvalue weighted by Crippen LogP contribution is -3.00. The van der Waals surface area contributed by atoms with Crippen LogP contribution in [0.2, 0.25) is 0 Å². The van der Waals surface area contributed by atoms with Crippen LogP contribution in [-0.4, -0.2) is 37.5 Å². The minimum Gasteiger partial charge on any atom is -1.00 e. The highest BCUT2D eigenvalue weighted by Crippen LogP contribution is 2.40. The Hall–Kier alpha value is -2.15. The molecule has 142 valence electrons. The number of para-hydroxylation sites is 1. The van der Waals surface area contributed by atoms with Gasteiger partial charge >= 0.3 is 5.97 Å². The predicted molar refractivity (Wildman–Crippen MR) is 104 cm³/mol. The van der Waals surface area contributed by atoms with Crippen molar-refractivity contribution in [3.8, 4) is 5.75 Å². The average Bonchev–Trinajstić information content (AvgIpc) is 2.85. The number of hydrogen-bond donors (Lipinski definition) is 0. The summed E-state index contributed by atoms with van der Waals surface area (Å²) in [5.74, 6) is 0.526. The second kappa shape index (κ2) is 8.25. The third-order valence-corrected chi connectivity index (χ3v) is 5.01. The minimum atomic E-state index is -0.315. The molecule has 4 nitrogen and oxygen atoms in total. The van der Waals surface area contributed by atoms with E-state index >= 15 is 0 Å². The molecule has 0 saturated heterocycles. The van der Waals surface area contributed by atoms with Gasteiger partial charge in [0, 0.05) is 23.3 Å². The van der Waals surface area contributed by atoms with Gasteiger partial charge in [-0.25, -0.2) is 4.79 Å². The van der Waals surface area contributed by atoms with Gasteiger partial charge in [-0.3, -0.25) is 0 Å². The van der Waals surface area contributed by atoms with Gasteiger partial charge in [-0.2, -0.15) is 4.58 Å². The van der Waals surface area contributed by atoms with E-state index in [4.69, 9.17) is 9.47 Å². The zero-order valence-electron chi connectivity index (χ0n) is 16.2. The van der Waals surface area contributed by atoms with Crippen LogP contribution in [0.1, 0.15) is 35.3 Å². The summed E-state index contributed by atoms with van der Waals surface area (Å²) in [6, 6.07) is 13.7. The summed E-state index contributed by atoms with van der Waals surface area (Å²) in [4.78, 5) is 11.9. The van der Waals surface area contributed by atoms with Crippen LogP contribution < -0.4 is 28.7 Å². The number of nitrogens with zero attached hydrogens (tertiary/aromatic N) is 1. The Morgan fingerprint density at radius 2 is 1.78 bits per heavy atom. The molecular formula is C22H24INO3. The van der Waals surface area contributed by atoms with E-state index in [2.05, 4.69) is 30.6 Å². The van der Waals surface area contributed by atoms with E-state index in [0.717, 1.165) is 28.3 Å². The molecule has 0 fully saturated rings. The number of methoxy groups -OCH3 is 2. The van der Waals surface area contributed by atoms with Gasteiger partial charge < -0.3 is 33.5 Å². The van der Waals surface area contributed by atoms with Gasteiger partial charge in [0.25, 0.3) is 0 Å². The summed E-state index contributed by atoms with van der Waals surface area (Å²) in [5, 5.41) is 0. The number of hydrogen-bond acceptors (Lipinski definition) is 3. The monoisotopic (exact) mass is 477 g/mol. The Kier molecular flexibility index (Phi) is 6.46. The fraction of sp³-hybridized carbons (Fsp3) is 0.273. The number of esters is 1. The third-order valence-electron chi connectivity index (χ3n) is 5.01. The highest BCUT2D eigenvalue weighted by Gasteiger charge is 2.43. The maximum absolute atomic E-state index is 11.9. The van der Waals surface area contributed by atoms with Crippen LogP contribution in [0.5, 0.6) is 5.75 Å². The molecule has 27 heavy (non-hydrogen) atoms. The van der Waals surface area contributed by atoms with Crippen molar-refractivity contribution in [1.82, 2.24) is 0 Å². The van der Waals surface area contributed by atoms with Gasteiger partial charge in [-0.1, -0.05) is 18.2 Å². The van der Waals surface area contributed by atoms with Crippen molar-refractivity contribution in [2.45, 2.75) is 19.3 Å². The van der Waals surface area contributed by atoms with Crippen molar-refractivity contribution < 1.29 is 42.8 Å². The van der Waals surface area contributed by atoms with Crippen molar-refractivity contribution >= 4 is 23.4 Å². The zero-order chi connectivity index (χ0) is 18.9. The summed E-state index contributed by atoms with van der Waals surface area (Å²) in [5.41, 5.74) is 4.73. The number of carbonyl (C=O) groups excluding carboxylic acids is 1. The van der Waals surface area contributed by atoms with Gasteiger partial charge in [-0.05, 0) is 38.1 Å². The van der Waals surface area contributed by atoms with E-state index < -0.39 is 0 Å². The summed E-state index contributed by atoms with van der Waals surface area (Å²) in [6.07, 6.45) is 4.19. The van der Waals surface area contributed by atoms with Gasteiger partial charge in [-0.15, -0.1) is 0 Å². The highest BCUT2D eigenvalue weighted by molar-refractivity contribution is 6.06. The molecule has 5 heteroatoms. The number of benzene rings is 2. The molecule has 2 aromatic carbocycles. The Morgan fingerprint density at radius 3 is 2.44 bits per heavy atom. The molecule has 0 saturated carbocycles. The van der Waals surface area contributed by atoms with E-state index in [1.54, 1.807) is 7.11 Å². The molecule has 0 bridgehead atoms. The molecule has 0 amide bonds. The van der Waals surface area contributed by atoms with E-state index in [1.807, 2.05) is 49.5 Å². The van der Waals surface area contributed by atoms with Crippen molar-refractivity contribution in [3.05, 3.63) is 65.2 Å². The standard InChI is InChI=1S/C22H24NO3.HI/c1-22(2)17-14-16(21(24)26-5)10-12-18(17)23(3)20(22)13-11-15-8-6-7-9-19(15)25-4;/h6-14H,1-5H3;1H/q+1;/p-1. The Labute approximate surface area is 177 Å². The first-order chi connectivity index (χ1) is 12.4. The van der Waals surface area contributed by atoms with Crippen LogP contribution in [0.15, 0.2) is 48.5 Å². The predicted octanol–water partition coefficient (Wildman–Crippen LogP) is 1.21. The molecule has 3 rings (SSSR count). The van der Waals surface area contributed by atoms with Crippen LogP contribution in [-0.2, 0) is 10.2 Å². The summed E-state index contributed by atoms with van der Waals surface area (Å²) >= 11 is 0. The van der Waals surface area contributed by atoms with Crippen LogP contribution in [0.4, 0.5) is 5.69 Å². The molecule has 1 heterocycles. The largest absolute Gasteiger partial charge is 1.00 e. The molecule has 1 aliphatic rings. The molecule has 0 unspecified atom stereocenters. The summed E-state index contributed by atoms with van der Waals surface area (Å²) in [7, 11) is 5.13. The minimum absolute atomic E-state index is 0. The van der Waals surface area contributed by atoms with Gasteiger partial charge in [0.1, 0.15) is 12.8 Å². The average molecular weight is 477 g/mol. The van der Waals surface area contributed by atoms with Crippen molar-refractivity contribution in [1.29, 1.82) is 0 Å². The SMILES string of the molecule is COC(=O)c1ccc2c(c1)C(C)(C)C(C=Cc1ccccc1OC)=[N+]2C.[I-]. The molecule has 1 aliphatic heterocycles. The quantitative estimate of drug-likeness (QED) is 0.378. The zero-order valence-corrected chi connectivity index (χ0v) is 18.4. The summed E-state index contributed by atoms with van der Waals surface area (Å²) in [6.45, 7) is 4.33. The van der Waals surface area contributed by atoms with Crippen LogP contribution in [0, 0.1) is 0 Å². The highest BCUT2D eigenvalue weighted by atomic mass is 127. The number of allylic oxidation sites excluding steroid dienone is 1. The van der Waals surface area contributed by atoms with Crippen LogP contribution in [0.3, 0.4) is 0 Å². The van der Waals surface area contributed by atoms with Crippen molar-refractivity contribution in [2.24, 2.45) is 0 Å². The second-order valence-corrected chi connectivity index (χ2v) is 6.87. The Balaban J connectivity index is 0.00000261. The summed E-state index contributed by atoms with van der Waals surface area (Å²) < 4.78 is 12.5. The first-order valence-electron chi connectivity index (χ1n) is 8.55. The van der Waals surface area contributed by atoms with E-state index in [1.165, 1.54) is 7.11 Å². The Bertz CT molecular complexity index is 929. The number of ether oxygens (including phenoxy) is 2. The topological polar surface area (TPSA) is 38.5 Å². The number of carbonyl (C=O) groups is 1. The fourth-order valence-electron chi connectivity index (χ4n) is 3.55. The van der Waals surface area contributed by atoms with Crippen LogP contribution >= 0.6 is 0 Å². The van der Waals surface area contributed by atoms with Crippen LogP contribution in [0.25, 0.3) is 6.08 Å². The van der Waals surface area contributed by atoms with E-state index in [0.29, 0.717) is 5.56 Å². The molecule has 2 aromatic rings. The molecule has 0 spiro atoms. The lowest BCUT2D eigenvalue weighted by atomic mass is 9.80.